The van der Waals surface area contributed by atoms with Gasteiger partial charge in [0.2, 0.25) is 0 Å². The van der Waals surface area contributed by atoms with Gasteiger partial charge in [0, 0.05) is 18.2 Å². The van der Waals surface area contributed by atoms with Crippen molar-refractivity contribution in [3.05, 3.63) is 73.9 Å². The Morgan fingerprint density at radius 1 is 1.16 bits per heavy atom. The van der Waals surface area contributed by atoms with Gasteiger partial charge in [0.25, 0.3) is 11.6 Å². The van der Waals surface area contributed by atoms with E-state index in [1.54, 1.807) is 36.4 Å². The molecule has 1 aliphatic heterocycles. The molecule has 0 aromatic heterocycles. The quantitative estimate of drug-likeness (QED) is 0.256. The first-order chi connectivity index (χ1) is 15.4. The maximum absolute atomic E-state index is 12.8. The summed E-state index contributed by atoms with van der Waals surface area (Å²) in [6.07, 6.45) is 6.57. The Hall–Kier alpha value is -3.20. The van der Waals surface area contributed by atoms with Gasteiger partial charge in [-0.05, 0) is 58.1 Å². The molecule has 166 valence electrons. The number of hydrogen-bond donors (Lipinski definition) is 1. The first-order valence-corrected chi connectivity index (χ1v) is 11.2. The van der Waals surface area contributed by atoms with E-state index in [9.17, 15) is 19.7 Å². The Bertz CT molecular complexity index is 1090. The van der Waals surface area contributed by atoms with E-state index in [1.165, 1.54) is 17.0 Å². The molecule has 0 atom stereocenters. The molecule has 0 radical (unpaired) electrons. The monoisotopic (exact) mass is 499 g/mol. The van der Waals surface area contributed by atoms with Gasteiger partial charge in [0.15, 0.2) is 0 Å². The van der Waals surface area contributed by atoms with Gasteiger partial charge in [-0.15, -0.1) is 0 Å². The molecule has 1 N–H and O–H groups in total. The van der Waals surface area contributed by atoms with E-state index in [4.69, 9.17) is 4.74 Å². The molecule has 3 amide bonds. The third-order valence-electron chi connectivity index (χ3n) is 5.63. The van der Waals surface area contributed by atoms with Crippen LogP contribution >= 0.6 is 15.9 Å². The number of nitro benzene ring substituents is 1. The molecule has 1 saturated carbocycles. The molecule has 2 aliphatic rings. The molecule has 8 nitrogen and oxygen atoms in total. The topological polar surface area (TPSA) is 102 Å². The highest BCUT2D eigenvalue weighted by Crippen LogP contribution is 2.30. The highest BCUT2D eigenvalue weighted by atomic mass is 79.9. The third kappa shape index (κ3) is 4.83. The molecule has 1 saturated heterocycles. The highest BCUT2D eigenvalue weighted by Gasteiger charge is 2.38. The largest absolute Gasteiger partial charge is 0.488 e. The minimum absolute atomic E-state index is 0.0117. The van der Waals surface area contributed by atoms with Gasteiger partial charge in [-0.25, -0.2) is 4.79 Å². The number of nitrogens with zero attached hydrogens (tertiary/aromatic N) is 2. The third-order valence-corrected chi connectivity index (χ3v) is 6.25. The van der Waals surface area contributed by atoms with Crippen molar-refractivity contribution in [2.24, 2.45) is 0 Å². The van der Waals surface area contributed by atoms with Gasteiger partial charge in [0.05, 0.1) is 9.40 Å². The van der Waals surface area contributed by atoms with Crippen LogP contribution in [-0.4, -0.2) is 27.8 Å². The molecule has 1 heterocycles. The van der Waals surface area contributed by atoms with Crippen LogP contribution in [0.1, 0.15) is 43.2 Å². The van der Waals surface area contributed by atoms with Gasteiger partial charge in [-0.2, -0.15) is 0 Å². The fourth-order valence-corrected chi connectivity index (χ4v) is 4.54. The summed E-state index contributed by atoms with van der Waals surface area (Å²) in [5, 5.41) is 13.6. The minimum Gasteiger partial charge on any atom is -0.488 e. The molecule has 2 fully saturated rings. The van der Waals surface area contributed by atoms with E-state index in [-0.39, 0.29) is 36.0 Å². The number of non-ortho nitro benzene ring substituents is 1. The molecule has 0 bridgehead atoms. The summed E-state index contributed by atoms with van der Waals surface area (Å²) < 4.78 is 6.45. The number of urea groups is 1. The van der Waals surface area contributed by atoms with Crippen LogP contribution in [-0.2, 0) is 11.4 Å². The van der Waals surface area contributed by atoms with Crippen LogP contribution in [0.15, 0.2) is 52.6 Å². The number of nitrogens with one attached hydrogen (secondary N) is 1. The van der Waals surface area contributed by atoms with Crippen molar-refractivity contribution in [3.63, 3.8) is 0 Å². The predicted octanol–water partition coefficient (Wildman–Crippen LogP) is 5.16. The number of nitro groups is 1. The summed E-state index contributed by atoms with van der Waals surface area (Å²) in [5.74, 6) is 0.272. The fourth-order valence-electron chi connectivity index (χ4n) is 4.03. The van der Waals surface area contributed by atoms with Crippen molar-refractivity contribution in [2.75, 3.05) is 0 Å². The second-order valence-corrected chi connectivity index (χ2v) is 8.72. The summed E-state index contributed by atoms with van der Waals surface area (Å²) in [6, 6.07) is 11.2. The lowest BCUT2D eigenvalue weighted by Gasteiger charge is -2.28. The molecular weight excluding hydrogens is 478 g/mol. The van der Waals surface area contributed by atoms with Crippen LogP contribution in [0.4, 0.5) is 10.5 Å². The number of carbonyl (C=O) groups is 2. The van der Waals surface area contributed by atoms with Crippen LogP contribution in [0.25, 0.3) is 6.08 Å². The number of ether oxygens (including phenoxy) is 1. The summed E-state index contributed by atoms with van der Waals surface area (Å²) in [4.78, 5) is 37.0. The molecule has 9 heteroatoms. The molecule has 2 aromatic rings. The minimum atomic E-state index is -0.444. The van der Waals surface area contributed by atoms with Crippen LogP contribution in [0.2, 0.25) is 0 Å². The van der Waals surface area contributed by atoms with Crippen molar-refractivity contribution in [2.45, 2.75) is 44.8 Å². The van der Waals surface area contributed by atoms with Crippen molar-refractivity contribution in [1.82, 2.24) is 10.2 Å². The lowest BCUT2D eigenvalue weighted by molar-refractivity contribution is -0.384. The van der Waals surface area contributed by atoms with Crippen LogP contribution < -0.4 is 10.1 Å². The number of benzene rings is 2. The van der Waals surface area contributed by atoms with E-state index in [0.717, 1.165) is 37.7 Å². The molecule has 0 unspecified atom stereocenters. The number of imide groups is 1. The maximum Gasteiger partial charge on any atom is 0.329 e. The van der Waals surface area contributed by atoms with Gasteiger partial charge in [-0.3, -0.25) is 19.8 Å². The standard InChI is InChI=1S/C23H22BrN3O5/c24-19-12-15(9-10-21(19)32-14-16-5-4-8-18(11-16)27(30)31)13-20-22(28)26(23(29)25-20)17-6-2-1-3-7-17/h4-5,8-13,17H,1-3,6-7,14H2,(H,25,29)/b20-13-. The van der Waals surface area contributed by atoms with E-state index in [2.05, 4.69) is 21.2 Å². The van der Waals surface area contributed by atoms with E-state index >= 15 is 0 Å². The Morgan fingerprint density at radius 3 is 2.66 bits per heavy atom. The van der Waals surface area contributed by atoms with E-state index < -0.39 is 4.92 Å². The first kappa shape index (κ1) is 22.0. The highest BCUT2D eigenvalue weighted by molar-refractivity contribution is 9.10. The Labute approximate surface area is 193 Å². The van der Waals surface area contributed by atoms with Crippen LogP contribution in [0, 0.1) is 10.1 Å². The maximum atomic E-state index is 12.8. The van der Waals surface area contributed by atoms with Crippen molar-refractivity contribution in [1.29, 1.82) is 0 Å². The zero-order valence-corrected chi connectivity index (χ0v) is 18.8. The van der Waals surface area contributed by atoms with Crippen molar-refractivity contribution in [3.8, 4) is 5.75 Å². The molecule has 2 aromatic carbocycles. The normalized spacial score (nSPS) is 18.2. The average molecular weight is 500 g/mol. The van der Waals surface area contributed by atoms with Crippen molar-refractivity contribution >= 4 is 39.6 Å². The van der Waals surface area contributed by atoms with E-state index in [0.29, 0.717) is 15.8 Å². The number of amides is 3. The van der Waals surface area contributed by atoms with Gasteiger partial charge < -0.3 is 10.1 Å². The van der Waals surface area contributed by atoms with Crippen LogP contribution in [0.5, 0.6) is 5.75 Å². The zero-order valence-electron chi connectivity index (χ0n) is 17.3. The molecule has 0 spiro atoms. The van der Waals surface area contributed by atoms with Crippen LogP contribution in [0.3, 0.4) is 0 Å². The number of hydrogen-bond acceptors (Lipinski definition) is 5. The lowest BCUT2D eigenvalue weighted by Crippen LogP contribution is -2.41. The number of rotatable bonds is 6. The summed E-state index contributed by atoms with van der Waals surface area (Å²) >= 11 is 3.46. The van der Waals surface area contributed by atoms with Crippen molar-refractivity contribution < 1.29 is 19.2 Å². The average Bonchev–Trinajstić information content (AvgIpc) is 3.06. The van der Waals surface area contributed by atoms with Gasteiger partial charge in [0.1, 0.15) is 18.1 Å². The Morgan fingerprint density at radius 2 is 1.94 bits per heavy atom. The summed E-state index contributed by atoms with van der Waals surface area (Å²) in [7, 11) is 0. The molecular formula is C23H22BrN3O5. The number of carbonyl (C=O) groups excluding carboxylic acids is 2. The molecule has 1 aliphatic carbocycles. The molecule has 32 heavy (non-hydrogen) atoms. The van der Waals surface area contributed by atoms with Gasteiger partial charge >= 0.3 is 6.03 Å². The molecule has 4 rings (SSSR count). The summed E-state index contributed by atoms with van der Waals surface area (Å²) in [5.41, 5.74) is 1.68. The fraction of sp³-hybridized carbons (Fsp3) is 0.304. The smallest absolute Gasteiger partial charge is 0.329 e. The Kier molecular flexibility index (Phi) is 6.55. The predicted molar refractivity (Wildman–Crippen MR) is 122 cm³/mol. The lowest BCUT2D eigenvalue weighted by atomic mass is 9.94. The second kappa shape index (κ2) is 9.52. The Balaban J connectivity index is 1.44. The zero-order chi connectivity index (χ0) is 22.7. The van der Waals surface area contributed by atoms with Gasteiger partial charge in [-0.1, -0.05) is 37.5 Å². The first-order valence-electron chi connectivity index (χ1n) is 10.4. The second-order valence-electron chi connectivity index (χ2n) is 7.86. The summed E-state index contributed by atoms with van der Waals surface area (Å²) in [6.45, 7) is 0.172. The number of halogens is 1. The van der Waals surface area contributed by atoms with E-state index in [1.807, 2.05) is 0 Å². The SMILES string of the molecule is O=C1N/C(=C\c2ccc(OCc3cccc([N+](=O)[O-])c3)c(Br)c2)C(=O)N1C1CCCCC1.